The molecule has 0 radical (unpaired) electrons. The minimum absolute atomic E-state index is 0.0341. The van der Waals surface area contributed by atoms with E-state index in [1.807, 2.05) is 6.92 Å². The van der Waals surface area contributed by atoms with Crippen molar-refractivity contribution < 1.29 is 26.4 Å². The van der Waals surface area contributed by atoms with Crippen molar-refractivity contribution in [3.05, 3.63) is 0 Å². The van der Waals surface area contributed by atoms with E-state index in [1.54, 1.807) is 11.8 Å². The van der Waals surface area contributed by atoms with Gasteiger partial charge in [0.05, 0.1) is 0 Å². The molecule has 1 amide bonds. The molecule has 0 bridgehead atoms. The van der Waals surface area contributed by atoms with Crippen molar-refractivity contribution in [2.75, 3.05) is 52.4 Å². The van der Waals surface area contributed by atoms with E-state index in [9.17, 15) is 26.4 Å². The van der Waals surface area contributed by atoms with Crippen LogP contribution in [-0.2, 0) is 14.8 Å². The lowest BCUT2D eigenvalue weighted by Gasteiger charge is -2.36. The zero-order valence-corrected chi connectivity index (χ0v) is 17.0. The molecule has 28 heavy (non-hydrogen) atoms. The summed E-state index contributed by atoms with van der Waals surface area (Å²) < 4.78 is 61.4. The first-order chi connectivity index (χ1) is 13.1. The summed E-state index contributed by atoms with van der Waals surface area (Å²) in [6.45, 7) is 6.86. The summed E-state index contributed by atoms with van der Waals surface area (Å²) in [5, 5.41) is 3.21. The average molecular weight is 427 g/mol. The molecule has 2 saturated heterocycles. The highest BCUT2D eigenvalue weighted by atomic mass is 32.2. The molecule has 0 aromatic carbocycles. The zero-order valence-electron chi connectivity index (χ0n) is 16.2. The molecule has 1 N–H and O–H groups in total. The number of rotatable bonds is 4. The molecule has 0 spiro atoms. The molecular formula is C16H28F3N5O3S. The lowest BCUT2D eigenvalue weighted by molar-refractivity contribution is -0.130. The third kappa shape index (κ3) is 5.49. The minimum atomic E-state index is -5.25. The van der Waals surface area contributed by atoms with Gasteiger partial charge in [-0.2, -0.15) is 17.5 Å². The summed E-state index contributed by atoms with van der Waals surface area (Å²) in [7, 11) is -5.25. The monoisotopic (exact) mass is 427 g/mol. The molecule has 2 aliphatic heterocycles. The first-order valence-corrected chi connectivity index (χ1v) is 10.9. The fraction of sp³-hybridized carbons (Fsp3) is 0.875. The number of halogens is 3. The lowest BCUT2D eigenvalue weighted by Crippen LogP contribution is -2.53. The van der Waals surface area contributed by atoms with E-state index in [2.05, 4.69) is 15.2 Å². The Morgan fingerprint density at radius 3 is 2.07 bits per heavy atom. The largest absolute Gasteiger partial charge is 0.511 e. The number of amides is 1. The van der Waals surface area contributed by atoms with E-state index in [1.165, 1.54) is 0 Å². The Morgan fingerprint density at radius 2 is 1.61 bits per heavy atom. The van der Waals surface area contributed by atoms with Crippen molar-refractivity contribution in [3.63, 3.8) is 0 Å². The fourth-order valence-corrected chi connectivity index (χ4v) is 4.34. The number of hydrogen-bond donors (Lipinski definition) is 1. The van der Waals surface area contributed by atoms with E-state index in [-0.39, 0.29) is 24.9 Å². The number of guanidine groups is 1. The van der Waals surface area contributed by atoms with Crippen molar-refractivity contribution in [3.8, 4) is 0 Å². The van der Waals surface area contributed by atoms with E-state index in [0.29, 0.717) is 56.4 Å². The molecule has 0 aromatic heterocycles. The van der Waals surface area contributed by atoms with Gasteiger partial charge in [-0.1, -0.05) is 0 Å². The number of nitrogens with one attached hydrogen (secondary N) is 1. The second-order valence-corrected chi connectivity index (χ2v) is 8.91. The highest BCUT2D eigenvalue weighted by Crippen LogP contribution is 2.30. The Morgan fingerprint density at radius 1 is 1.07 bits per heavy atom. The quantitative estimate of drug-likeness (QED) is 0.527. The number of sulfonamides is 1. The molecule has 2 fully saturated rings. The average Bonchev–Trinajstić information content (AvgIpc) is 2.64. The van der Waals surface area contributed by atoms with Gasteiger partial charge in [0.2, 0.25) is 5.91 Å². The van der Waals surface area contributed by atoms with E-state index >= 15 is 0 Å². The SMILES string of the molecule is CCNC(=NCC1CCN(S(=O)(=O)C(F)(F)F)CC1)N1CCN(C(C)=O)CC1. The maximum absolute atomic E-state index is 12.6. The third-order valence-corrected chi connectivity index (χ3v) is 6.69. The van der Waals surface area contributed by atoms with Crippen LogP contribution in [0.4, 0.5) is 13.2 Å². The van der Waals surface area contributed by atoms with Crippen LogP contribution in [0.3, 0.4) is 0 Å². The number of nitrogens with zero attached hydrogens (tertiary/aromatic N) is 4. The molecular weight excluding hydrogens is 399 g/mol. The number of piperidine rings is 1. The summed E-state index contributed by atoms with van der Waals surface area (Å²) in [6, 6.07) is 0. The van der Waals surface area contributed by atoms with Crippen LogP contribution in [0.25, 0.3) is 0 Å². The fourth-order valence-electron chi connectivity index (χ4n) is 3.35. The van der Waals surface area contributed by atoms with E-state index in [4.69, 9.17) is 0 Å². The van der Waals surface area contributed by atoms with Crippen molar-refractivity contribution >= 4 is 21.9 Å². The zero-order chi connectivity index (χ0) is 20.9. The first-order valence-electron chi connectivity index (χ1n) is 9.41. The summed E-state index contributed by atoms with van der Waals surface area (Å²) in [4.78, 5) is 19.9. The van der Waals surface area contributed by atoms with Crippen LogP contribution in [0.2, 0.25) is 0 Å². The summed E-state index contributed by atoms with van der Waals surface area (Å²) in [5.74, 6) is 0.796. The number of aliphatic imine (C=N–C) groups is 1. The van der Waals surface area contributed by atoms with Gasteiger partial charge in [0.1, 0.15) is 0 Å². The van der Waals surface area contributed by atoms with Gasteiger partial charge in [-0.05, 0) is 25.7 Å². The highest BCUT2D eigenvalue weighted by molar-refractivity contribution is 7.90. The molecule has 0 atom stereocenters. The van der Waals surface area contributed by atoms with Crippen molar-refractivity contribution in [2.24, 2.45) is 10.9 Å². The molecule has 12 heteroatoms. The molecule has 2 rings (SSSR count). The predicted octanol–water partition coefficient (Wildman–Crippen LogP) is 0.678. The third-order valence-electron chi connectivity index (χ3n) is 5.06. The van der Waals surface area contributed by atoms with Gasteiger partial charge in [0.25, 0.3) is 0 Å². The molecule has 0 saturated carbocycles. The number of alkyl halides is 3. The lowest BCUT2D eigenvalue weighted by atomic mass is 9.98. The van der Waals surface area contributed by atoms with Crippen LogP contribution in [0.15, 0.2) is 4.99 Å². The Hall–Kier alpha value is -1.56. The van der Waals surface area contributed by atoms with Gasteiger partial charge in [0, 0.05) is 59.3 Å². The van der Waals surface area contributed by atoms with Crippen LogP contribution in [0.1, 0.15) is 26.7 Å². The van der Waals surface area contributed by atoms with Crippen LogP contribution in [0, 0.1) is 5.92 Å². The molecule has 0 aromatic rings. The molecule has 2 aliphatic rings. The summed E-state index contributed by atoms with van der Waals surface area (Å²) in [6.07, 6.45) is 0.687. The smallest absolute Gasteiger partial charge is 0.357 e. The van der Waals surface area contributed by atoms with Gasteiger partial charge in [-0.25, -0.2) is 8.42 Å². The molecule has 8 nitrogen and oxygen atoms in total. The Labute approximate surface area is 163 Å². The van der Waals surface area contributed by atoms with Gasteiger partial charge < -0.3 is 15.1 Å². The molecule has 2 heterocycles. The predicted molar refractivity (Wildman–Crippen MR) is 99.1 cm³/mol. The molecule has 0 aliphatic carbocycles. The van der Waals surface area contributed by atoms with Crippen LogP contribution >= 0.6 is 0 Å². The van der Waals surface area contributed by atoms with Crippen LogP contribution in [0.5, 0.6) is 0 Å². The number of hydrogen-bond acceptors (Lipinski definition) is 4. The second-order valence-electron chi connectivity index (χ2n) is 6.98. The Bertz CT molecular complexity index is 668. The number of piperazine rings is 1. The molecule has 162 valence electrons. The highest BCUT2D eigenvalue weighted by Gasteiger charge is 2.50. The second kappa shape index (κ2) is 9.29. The van der Waals surface area contributed by atoms with Crippen molar-refractivity contribution in [1.82, 2.24) is 19.4 Å². The maximum atomic E-state index is 12.6. The topological polar surface area (TPSA) is 85.3 Å². The standard InChI is InChI=1S/C16H28F3N5O3S/c1-3-20-15(23-10-8-22(9-11-23)13(2)25)21-12-14-4-6-24(7-5-14)28(26,27)16(17,18)19/h14H,3-12H2,1-2H3,(H,20,21). The normalized spacial score (nSPS) is 21.1. The summed E-state index contributed by atoms with van der Waals surface area (Å²) in [5.41, 5.74) is -5.25. The van der Waals surface area contributed by atoms with E-state index in [0.717, 1.165) is 5.96 Å². The van der Waals surface area contributed by atoms with Crippen molar-refractivity contribution in [2.45, 2.75) is 32.2 Å². The van der Waals surface area contributed by atoms with Crippen molar-refractivity contribution in [1.29, 1.82) is 0 Å². The van der Waals surface area contributed by atoms with Crippen LogP contribution < -0.4 is 5.32 Å². The first kappa shape index (κ1) is 22.7. The Kier molecular flexibility index (Phi) is 7.54. The Balaban J connectivity index is 1.90. The van der Waals surface area contributed by atoms with Gasteiger partial charge in [0.15, 0.2) is 5.96 Å². The minimum Gasteiger partial charge on any atom is -0.357 e. The van der Waals surface area contributed by atoms with E-state index < -0.39 is 15.5 Å². The van der Waals surface area contributed by atoms with Gasteiger partial charge in [-0.15, -0.1) is 0 Å². The maximum Gasteiger partial charge on any atom is 0.511 e. The molecule has 0 unspecified atom stereocenters. The van der Waals surface area contributed by atoms with Gasteiger partial charge >= 0.3 is 15.5 Å². The number of carbonyl (C=O) groups excluding carboxylic acids is 1. The van der Waals surface area contributed by atoms with Gasteiger partial charge in [-0.3, -0.25) is 9.79 Å². The van der Waals surface area contributed by atoms with Crippen LogP contribution in [-0.4, -0.2) is 92.3 Å². The number of carbonyl (C=O) groups is 1. The summed E-state index contributed by atoms with van der Waals surface area (Å²) >= 11 is 0.